The fourth-order valence-electron chi connectivity index (χ4n) is 2.41. The second-order valence-electron chi connectivity index (χ2n) is 4.75. The maximum absolute atomic E-state index is 9.87. The van der Waals surface area contributed by atoms with Gasteiger partial charge in [-0.2, -0.15) is 0 Å². The average molecular weight is 258 g/mol. The molecule has 19 heavy (non-hydrogen) atoms. The summed E-state index contributed by atoms with van der Waals surface area (Å²) in [4.78, 5) is 0. The molecule has 0 aromatic heterocycles. The number of aromatic hydroxyl groups is 3. The van der Waals surface area contributed by atoms with Crippen molar-refractivity contribution in [3.8, 4) is 23.0 Å². The number of benzene rings is 2. The number of phenolic OH excluding ortho intramolecular Hbond substituents is 3. The van der Waals surface area contributed by atoms with Crippen molar-refractivity contribution >= 4 is 0 Å². The van der Waals surface area contributed by atoms with Crippen molar-refractivity contribution < 1.29 is 20.1 Å². The highest BCUT2D eigenvalue weighted by Crippen LogP contribution is 2.40. The molecule has 4 heteroatoms. The van der Waals surface area contributed by atoms with Crippen molar-refractivity contribution in [1.82, 2.24) is 0 Å². The van der Waals surface area contributed by atoms with Gasteiger partial charge in [-0.1, -0.05) is 12.1 Å². The van der Waals surface area contributed by atoms with Gasteiger partial charge in [0, 0.05) is 23.6 Å². The molecule has 1 aliphatic heterocycles. The zero-order valence-electron chi connectivity index (χ0n) is 10.2. The maximum atomic E-state index is 9.87. The lowest BCUT2D eigenvalue weighted by Crippen LogP contribution is -2.19. The molecule has 4 nitrogen and oxygen atoms in total. The van der Waals surface area contributed by atoms with Crippen LogP contribution >= 0.6 is 0 Å². The second kappa shape index (κ2) is 4.39. The SMILES string of the molecule is Oc1ccc(C2COc3cc(O)cc(O)c3C2)cc1. The molecule has 0 aliphatic carbocycles. The van der Waals surface area contributed by atoms with Gasteiger partial charge in [-0.3, -0.25) is 0 Å². The lowest BCUT2D eigenvalue weighted by molar-refractivity contribution is 0.257. The van der Waals surface area contributed by atoms with Gasteiger partial charge in [0.2, 0.25) is 0 Å². The number of hydrogen-bond acceptors (Lipinski definition) is 4. The molecule has 98 valence electrons. The van der Waals surface area contributed by atoms with Gasteiger partial charge in [0.1, 0.15) is 23.0 Å². The fourth-order valence-corrected chi connectivity index (χ4v) is 2.41. The van der Waals surface area contributed by atoms with Gasteiger partial charge in [0.15, 0.2) is 0 Å². The normalized spacial score (nSPS) is 17.6. The molecule has 2 aromatic rings. The summed E-state index contributed by atoms with van der Waals surface area (Å²) in [5, 5.41) is 28.6. The number of fused-ring (bicyclic) bond motifs is 1. The van der Waals surface area contributed by atoms with Gasteiger partial charge < -0.3 is 20.1 Å². The maximum Gasteiger partial charge on any atom is 0.129 e. The van der Waals surface area contributed by atoms with E-state index in [-0.39, 0.29) is 23.2 Å². The van der Waals surface area contributed by atoms with E-state index in [4.69, 9.17) is 4.74 Å². The van der Waals surface area contributed by atoms with Gasteiger partial charge in [0.25, 0.3) is 0 Å². The third-order valence-electron chi connectivity index (χ3n) is 3.43. The molecular formula is C15H14O4. The minimum absolute atomic E-state index is 0.000617. The van der Waals surface area contributed by atoms with Crippen molar-refractivity contribution in [1.29, 1.82) is 0 Å². The lowest BCUT2D eigenvalue weighted by atomic mass is 9.90. The summed E-state index contributed by atoms with van der Waals surface area (Å²) in [5.41, 5.74) is 1.76. The Bertz CT molecular complexity index is 604. The van der Waals surface area contributed by atoms with E-state index in [2.05, 4.69) is 0 Å². The predicted molar refractivity (Wildman–Crippen MR) is 69.8 cm³/mol. The molecule has 0 amide bonds. The Morgan fingerprint density at radius 3 is 2.42 bits per heavy atom. The minimum atomic E-state index is -0.000617. The summed E-state index contributed by atoms with van der Waals surface area (Å²) < 4.78 is 5.60. The van der Waals surface area contributed by atoms with E-state index in [1.165, 1.54) is 12.1 Å². The monoisotopic (exact) mass is 258 g/mol. The summed E-state index contributed by atoms with van der Waals surface area (Å²) >= 11 is 0. The van der Waals surface area contributed by atoms with E-state index in [9.17, 15) is 15.3 Å². The highest BCUT2D eigenvalue weighted by atomic mass is 16.5. The fraction of sp³-hybridized carbons (Fsp3) is 0.200. The van der Waals surface area contributed by atoms with Gasteiger partial charge in [-0.15, -0.1) is 0 Å². The molecule has 1 heterocycles. The predicted octanol–water partition coefficient (Wildman–Crippen LogP) is 2.52. The third kappa shape index (κ3) is 2.17. The van der Waals surface area contributed by atoms with Gasteiger partial charge >= 0.3 is 0 Å². The Morgan fingerprint density at radius 2 is 1.68 bits per heavy atom. The van der Waals surface area contributed by atoms with Crippen molar-refractivity contribution in [3.05, 3.63) is 47.5 Å². The first-order valence-electron chi connectivity index (χ1n) is 6.10. The van der Waals surface area contributed by atoms with Crippen LogP contribution in [0.1, 0.15) is 17.0 Å². The first kappa shape index (κ1) is 11.7. The number of hydrogen-bond donors (Lipinski definition) is 3. The molecule has 1 atom stereocenters. The van der Waals surface area contributed by atoms with Gasteiger partial charge in [-0.25, -0.2) is 0 Å². The summed E-state index contributed by atoms with van der Waals surface area (Å²) in [6.07, 6.45) is 0.645. The topological polar surface area (TPSA) is 69.9 Å². The van der Waals surface area contributed by atoms with Crippen molar-refractivity contribution in [3.63, 3.8) is 0 Å². The number of ether oxygens (including phenoxy) is 1. The van der Waals surface area contributed by atoms with E-state index in [0.717, 1.165) is 5.56 Å². The Labute approximate surface area is 110 Å². The smallest absolute Gasteiger partial charge is 0.129 e. The Morgan fingerprint density at radius 1 is 0.947 bits per heavy atom. The van der Waals surface area contributed by atoms with Crippen LogP contribution in [-0.2, 0) is 6.42 Å². The molecule has 3 N–H and O–H groups in total. The van der Waals surface area contributed by atoms with E-state index in [1.807, 2.05) is 12.1 Å². The van der Waals surface area contributed by atoms with Crippen LogP contribution in [0.15, 0.2) is 36.4 Å². The Balaban J connectivity index is 1.92. The van der Waals surface area contributed by atoms with Crippen LogP contribution in [0.4, 0.5) is 0 Å². The summed E-state index contributed by atoms with van der Waals surface area (Å²) in [7, 11) is 0. The molecule has 2 aromatic carbocycles. The lowest BCUT2D eigenvalue weighted by Gasteiger charge is -2.26. The van der Waals surface area contributed by atoms with Crippen LogP contribution < -0.4 is 4.74 Å². The third-order valence-corrected chi connectivity index (χ3v) is 3.43. The van der Waals surface area contributed by atoms with Crippen LogP contribution in [0.5, 0.6) is 23.0 Å². The molecular weight excluding hydrogens is 244 g/mol. The highest BCUT2D eigenvalue weighted by Gasteiger charge is 2.24. The van der Waals surface area contributed by atoms with E-state index < -0.39 is 0 Å². The first-order valence-corrected chi connectivity index (χ1v) is 6.10. The highest BCUT2D eigenvalue weighted by molar-refractivity contribution is 5.51. The summed E-state index contributed by atoms with van der Waals surface area (Å²) in [5.74, 6) is 0.947. The molecule has 0 saturated heterocycles. The van der Waals surface area contributed by atoms with Crippen LogP contribution in [-0.4, -0.2) is 21.9 Å². The molecule has 0 spiro atoms. The quantitative estimate of drug-likeness (QED) is 0.735. The number of phenols is 3. The van der Waals surface area contributed by atoms with Crippen molar-refractivity contribution in [2.75, 3.05) is 6.61 Å². The Hall–Kier alpha value is -2.36. The second-order valence-corrected chi connectivity index (χ2v) is 4.75. The van der Waals surface area contributed by atoms with Crippen LogP contribution in [0.3, 0.4) is 0 Å². The molecule has 3 rings (SSSR count). The van der Waals surface area contributed by atoms with Crippen molar-refractivity contribution in [2.45, 2.75) is 12.3 Å². The molecule has 0 radical (unpaired) electrons. The van der Waals surface area contributed by atoms with Gasteiger partial charge in [0.05, 0.1) is 6.61 Å². The zero-order chi connectivity index (χ0) is 13.4. The van der Waals surface area contributed by atoms with E-state index in [1.54, 1.807) is 12.1 Å². The Kier molecular flexibility index (Phi) is 2.71. The van der Waals surface area contributed by atoms with E-state index in [0.29, 0.717) is 24.3 Å². The molecule has 1 unspecified atom stereocenters. The summed E-state index contributed by atoms with van der Waals surface area (Å²) in [6.45, 7) is 0.487. The standard InChI is InChI=1S/C15H14O4/c16-11-3-1-9(2-4-11)10-5-13-14(18)6-12(17)7-15(13)19-8-10/h1-4,6-7,10,16-18H,5,8H2. The van der Waals surface area contributed by atoms with Crippen LogP contribution in [0.25, 0.3) is 0 Å². The first-order chi connectivity index (χ1) is 9.13. The molecule has 0 saturated carbocycles. The average Bonchev–Trinajstić information content (AvgIpc) is 2.39. The van der Waals surface area contributed by atoms with Crippen LogP contribution in [0.2, 0.25) is 0 Å². The van der Waals surface area contributed by atoms with Crippen molar-refractivity contribution in [2.24, 2.45) is 0 Å². The zero-order valence-corrected chi connectivity index (χ0v) is 10.2. The number of rotatable bonds is 1. The van der Waals surface area contributed by atoms with E-state index >= 15 is 0 Å². The van der Waals surface area contributed by atoms with Gasteiger partial charge in [-0.05, 0) is 24.1 Å². The minimum Gasteiger partial charge on any atom is -0.508 e. The summed E-state index contributed by atoms with van der Waals surface area (Å²) in [6, 6.07) is 9.82. The molecule has 0 bridgehead atoms. The molecule has 0 fully saturated rings. The van der Waals surface area contributed by atoms with Crippen LogP contribution in [0, 0.1) is 0 Å². The molecule has 1 aliphatic rings. The largest absolute Gasteiger partial charge is 0.508 e.